The number of nitrogen functional groups attached to an aromatic ring is 1. The van der Waals surface area contributed by atoms with Gasteiger partial charge in [0.2, 0.25) is 0 Å². The van der Waals surface area contributed by atoms with Gasteiger partial charge in [-0.1, -0.05) is 15.9 Å². The van der Waals surface area contributed by atoms with Crippen LogP contribution in [0.4, 0.5) is 11.4 Å². The van der Waals surface area contributed by atoms with Gasteiger partial charge in [-0.2, -0.15) is 0 Å². The summed E-state index contributed by atoms with van der Waals surface area (Å²) in [4.78, 5) is 14.5. The van der Waals surface area contributed by atoms with Crippen LogP contribution in [0, 0.1) is 10.1 Å². The van der Waals surface area contributed by atoms with E-state index in [1.165, 1.54) is 12.1 Å². The van der Waals surface area contributed by atoms with Gasteiger partial charge >= 0.3 is 5.69 Å². The van der Waals surface area contributed by atoms with Crippen LogP contribution >= 0.6 is 15.9 Å². The summed E-state index contributed by atoms with van der Waals surface area (Å²) >= 11 is 3.18. The molecule has 7 heteroatoms. The number of nitrogens with zero attached hydrogens (tertiary/aromatic N) is 2. The van der Waals surface area contributed by atoms with Crippen molar-refractivity contribution >= 4 is 27.3 Å². The molecule has 0 bridgehead atoms. The molecule has 0 saturated carbocycles. The molecule has 2 rings (SSSR count). The SMILES string of the molecule is Nc1ccnc(COc2ccc(Br)cc2[N+](=O)[O-])c1. The van der Waals surface area contributed by atoms with Gasteiger partial charge in [0, 0.05) is 22.4 Å². The topological polar surface area (TPSA) is 91.3 Å². The van der Waals surface area contributed by atoms with Crippen molar-refractivity contribution in [3.05, 3.63) is 56.8 Å². The van der Waals surface area contributed by atoms with Crippen molar-refractivity contribution in [3.8, 4) is 5.75 Å². The van der Waals surface area contributed by atoms with Crippen LogP contribution in [0.3, 0.4) is 0 Å². The largest absolute Gasteiger partial charge is 0.480 e. The number of halogens is 1. The maximum absolute atomic E-state index is 10.9. The van der Waals surface area contributed by atoms with E-state index in [0.29, 0.717) is 15.9 Å². The minimum Gasteiger partial charge on any atom is -0.480 e. The molecule has 2 N–H and O–H groups in total. The minimum atomic E-state index is -0.493. The van der Waals surface area contributed by atoms with Crippen LogP contribution in [0.25, 0.3) is 0 Å². The number of aromatic nitrogens is 1. The zero-order chi connectivity index (χ0) is 13.8. The fraction of sp³-hybridized carbons (Fsp3) is 0.0833. The van der Waals surface area contributed by atoms with Gasteiger partial charge < -0.3 is 10.5 Å². The number of benzene rings is 1. The normalized spacial score (nSPS) is 10.2. The van der Waals surface area contributed by atoms with Gasteiger partial charge in [-0.05, 0) is 24.3 Å². The van der Waals surface area contributed by atoms with Crippen LogP contribution in [0.5, 0.6) is 5.75 Å². The average Bonchev–Trinajstić information content (AvgIpc) is 2.37. The predicted octanol–water partition coefficient (Wildman–Crippen LogP) is 2.91. The van der Waals surface area contributed by atoms with Crippen LogP contribution < -0.4 is 10.5 Å². The second-order valence-corrected chi connectivity index (χ2v) is 4.65. The van der Waals surface area contributed by atoms with Gasteiger partial charge in [0.25, 0.3) is 0 Å². The summed E-state index contributed by atoms with van der Waals surface area (Å²) in [5.74, 6) is 0.192. The van der Waals surface area contributed by atoms with Crippen LogP contribution in [-0.2, 0) is 6.61 Å². The van der Waals surface area contributed by atoms with Crippen molar-refractivity contribution in [1.29, 1.82) is 0 Å². The molecule has 0 unspecified atom stereocenters. The molecule has 1 aromatic carbocycles. The fourth-order valence-corrected chi connectivity index (χ4v) is 1.83. The van der Waals surface area contributed by atoms with Crippen LogP contribution in [-0.4, -0.2) is 9.91 Å². The molecule has 0 aliphatic heterocycles. The highest BCUT2D eigenvalue weighted by Gasteiger charge is 2.15. The zero-order valence-corrected chi connectivity index (χ0v) is 11.3. The first-order valence-electron chi connectivity index (χ1n) is 5.33. The summed E-state index contributed by atoms with van der Waals surface area (Å²) in [6.07, 6.45) is 1.56. The standard InChI is InChI=1S/C12H10BrN3O3/c13-8-1-2-12(11(5-8)16(17)18)19-7-10-6-9(14)3-4-15-10/h1-6H,7H2,(H2,14,15). The summed E-state index contributed by atoms with van der Waals surface area (Å²) in [5.41, 5.74) is 6.69. The Morgan fingerprint density at radius 3 is 2.84 bits per heavy atom. The Hall–Kier alpha value is -2.15. The maximum atomic E-state index is 10.9. The number of rotatable bonds is 4. The van der Waals surface area contributed by atoms with E-state index in [1.54, 1.807) is 24.4 Å². The molecule has 2 aromatic rings. The van der Waals surface area contributed by atoms with Gasteiger partial charge in [-0.15, -0.1) is 0 Å². The van der Waals surface area contributed by atoms with Gasteiger partial charge in [0.05, 0.1) is 10.6 Å². The summed E-state index contributed by atoms with van der Waals surface area (Å²) in [7, 11) is 0. The summed E-state index contributed by atoms with van der Waals surface area (Å²) < 4.78 is 6.03. The van der Waals surface area contributed by atoms with E-state index in [1.807, 2.05) is 0 Å². The summed E-state index contributed by atoms with van der Waals surface area (Å²) in [6.45, 7) is 0.119. The van der Waals surface area contributed by atoms with Crippen molar-refractivity contribution in [3.63, 3.8) is 0 Å². The number of nitro groups is 1. The molecule has 98 valence electrons. The second-order valence-electron chi connectivity index (χ2n) is 3.74. The molecule has 19 heavy (non-hydrogen) atoms. The van der Waals surface area contributed by atoms with E-state index in [4.69, 9.17) is 10.5 Å². The third kappa shape index (κ3) is 3.41. The van der Waals surface area contributed by atoms with Gasteiger partial charge in [-0.25, -0.2) is 0 Å². The molecule has 1 heterocycles. The molecule has 0 saturated heterocycles. The lowest BCUT2D eigenvalue weighted by Gasteiger charge is -2.07. The van der Waals surface area contributed by atoms with Gasteiger partial charge in [0.1, 0.15) is 6.61 Å². The van der Waals surface area contributed by atoms with E-state index in [2.05, 4.69) is 20.9 Å². The van der Waals surface area contributed by atoms with Crippen LogP contribution in [0.15, 0.2) is 41.0 Å². The highest BCUT2D eigenvalue weighted by atomic mass is 79.9. The first-order chi connectivity index (χ1) is 9.06. The lowest BCUT2D eigenvalue weighted by Crippen LogP contribution is -2.01. The highest BCUT2D eigenvalue weighted by Crippen LogP contribution is 2.30. The van der Waals surface area contributed by atoms with Crippen molar-refractivity contribution in [2.24, 2.45) is 0 Å². The number of hydrogen-bond donors (Lipinski definition) is 1. The van der Waals surface area contributed by atoms with E-state index in [-0.39, 0.29) is 18.0 Å². The second kappa shape index (κ2) is 5.66. The minimum absolute atomic E-state index is 0.0988. The van der Waals surface area contributed by atoms with Crippen LogP contribution in [0.2, 0.25) is 0 Å². The van der Waals surface area contributed by atoms with E-state index >= 15 is 0 Å². The summed E-state index contributed by atoms with van der Waals surface area (Å²) in [5, 5.41) is 10.9. The molecule has 0 spiro atoms. The first kappa shape index (κ1) is 13.3. The predicted molar refractivity (Wildman–Crippen MR) is 73.8 cm³/mol. The Balaban J connectivity index is 2.17. The van der Waals surface area contributed by atoms with E-state index < -0.39 is 4.92 Å². The van der Waals surface area contributed by atoms with Gasteiger partial charge in [0.15, 0.2) is 5.75 Å². The fourth-order valence-electron chi connectivity index (χ4n) is 1.48. The molecule has 0 fully saturated rings. The molecule has 6 nitrogen and oxygen atoms in total. The van der Waals surface area contributed by atoms with Gasteiger partial charge in [-0.3, -0.25) is 15.1 Å². The van der Waals surface area contributed by atoms with Crippen LogP contribution in [0.1, 0.15) is 5.69 Å². The molecule has 0 aliphatic carbocycles. The zero-order valence-electron chi connectivity index (χ0n) is 9.75. The molecule has 0 amide bonds. The Kier molecular flexibility index (Phi) is 3.96. The molecule has 0 aliphatic rings. The monoisotopic (exact) mass is 323 g/mol. The molecular formula is C12H10BrN3O3. The van der Waals surface area contributed by atoms with Crippen molar-refractivity contribution in [1.82, 2.24) is 4.98 Å². The Morgan fingerprint density at radius 2 is 2.16 bits per heavy atom. The number of nitrogens with two attached hydrogens (primary N) is 1. The number of anilines is 1. The van der Waals surface area contributed by atoms with Crippen molar-refractivity contribution in [2.75, 3.05) is 5.73 Å². The third-order valence-corrected chi connectivity index (χ3v) is 2.83. The van der Waals surface area contributed by atoms with Crippen molar-refractivity contribution in [2.45, 2.75) is 6.61 Å². The molecule has 1 aromatic heterocycles. The lowest BCUT2D eigenvalue weighted by molar-refractivity contribution is -0.386. The van der Waals surface area contributed by atoms with Crippen molar-refractivity contribution < 1.29 is 9.66 Å². The summed E-state index contributed by atoms with van der Waals surface area (Å²) in [6, 6.07) is 7.92. The smallest absolute Gasteiger partial charge is 0.312 e. The Labute approximate surface area is 117 Å². The quantitative estimate of drug-likeness (QED) is 0.690. The molecule has 0 atom stereocenters. The number of nitro benzene ring substituents is 1. The average molecular weight is 324 g/mol. The van der Waals surface area contributed by atoms with E-state index in [0.717, 1.165) is 0 Å². The number of hydrogen-bond acceptors (Lipinski definition) is 5. The Morgan fingerprint density at radius 1 is 1.37 bits per heavy atom. The Bertz CT molecular complexity index is 619. The lowest BCUT2D eigenvalue weighted by atomic mass is 10.3. The molecule has 0 radical (unpaired) electrons. The number of ether oxygens (including phenoxy) is 1. The molecular weight excluding hydrogens is 314 g/mol. The highest BCUT2D eigenvalue weighted by molar-refractivity contribution is 9.10. The maximum Gasteiger partial charge on any atom is 0.312 e. The first-order valence-corrected chi connectivity index (χ1v) is 6.12. The number of pyridine rings is 1. The van der Waals surface area contributed by atoms with E-state index in [9.17, 15) is 10.1 Å². The third-order valence-electron chi connectivity index (χ3n) is 2.33.